The van der Waals surface area contributed by atoms with E-state index in [2.05, 4.69) is 11.7 Å². The molecule has 1 aromatic rings. The van der Waals surface area contributed by atoms with Gasteiger partial charge in [0.15, 0.2) is 0 Å². The van der Waals surface area contributed by atoms with Crippen molar-refractivity contribution in [1.29, 1.82) is 0 Å². The maximum atomic E-state index is 9.95. The monoisotopic (exact) mass is 221 g/mol. The highest BCUT2D eigenvalue weighted by Crippen LogP contribution is 2.17. The Labute approximate surface area is 96.4 Å². The van der Waals surface area contributed by atoms with Crippen LogP contribution in [0.25, 0.3) is 0 Å². The van der Waals surface area contributed by atoms with Gasteiger partial charge in [0.2, 0.25) is 0 Å². The molecule has 3 heteroatoms. The molecule has 0 saturated heterocycles. The van der Waals surface area contributed by atoms with Crippen LogP contribution < -0.4 is 9.47 Å². The van der Waals surface area contributed by atoms with Crippen LogP contribution in [-0.4, -0.2) is 13.1 Å². The van der Waals surface area contributed by atoms with Gasteiger partial charge in [0.1, 0.15) is 11.5 Å². The zero-order valence-corrected chi connectivity index (χ0v) is 9.57. The van der Waals surface area contributed by atoms with Crippen molar-refractivity contribution in [1.82, 2.24) is 0 Å². The maximum Gasteiger partial charge on any atom is 0.423 e. The van der Waals surface area contributed by atoms with Gasteiger partial charge in [-0.05, 0) is 30.7 Å². The average Bonchev–Trinajstić information content (AvgIpc) is 2.31. The number of ether oxygens (including phenoxy) is 2. The minimum Gasteiger partial charge on any atom is -0.494 e. The summed E-state index contributed by atoms with van der Waals surface area (Å²) in [5.74, 6) is 1.28. The minimum absolute atomic E-state index is 0.480. The SMILES string of the molecule is CCCCCCOc1ccc(O[C]=O)cc1. The van der Waals surface area contributed by atoms with E-state index in [1.807, 2.05) is 0 Å². The van der Waals surface area contributed by atoms with E-state index in [1.165, 1.54) is 25.7 Å². The maximum absolute atomic E-state index is 9.95. The zero-order valence-electron chi connectivity index (χ0n) is 9.57. The second kappa shape index (κ2) is 7.74. The number of carbonyl (C=O) groups excluding carboxylic acids is 1. The van der Waals surface area contributed by atoms with Crippen LogP contribution in [0.1, 0.15) is 32.6 Å². The average molecular weight is 221 g/mol. The fourth-order valence-corrected chi connectivity index (χ4v) is 1.37. The van der Waals surface area contributed by atoms with Gasteiger partial charge >= 0.3 is 6.47 Å². The van der Waals surface area contributed by atoms with Gasteiger partial charge in [-0.25, -0.2) is 4.79 Å². The normalized spacial score (nSPS) is 9.81. The van der Waals surface area contributed by atoms with Crippen LogP contribution in [-0.2, 0) is 4.79 Å². The molecule has 1 radical (unpaired) electrons. The molecule has 0 amide bonds. The summed E-state index contributed by atoms with van der Waals surface area (Å²) in [7, 11) is 0. The molecule has 0 spiro atoms. The molecule has 0 aromatic heterocycles. The highest BCUT2D eigenvalue weighted by molar-refractivity contribution is 5.46. The number of benzene rings is 1. The molecule has 0 unspecified atom stereocenters. The molecule has 0 fully saturated rings. The molecular formula is C13H17O3. The zero-order chi connectivity index (χ0) is 11.6. The van der Waals surface area contributed by atoms with Gasteiger partial charge in [-0.1, -0.05) is 26.2 Å². The molecule has 0 aliphatic rings. The molecule has 0 bridgehead atoms. The van der Waals surface area contributed by atoms with Gasteiger partial charge in [0.05, 0.1) is 6.61 Å². The highest BCUT2D eigenvalue weighted by Gasteiger charge is 1.96. The molecule has 87 valence electrons. The number of hydrogen-bond donors (Lipinski definition) is 0. The molecule has 16 heavy (non-hydrogen) atoms. The second-order valence-electron chi connectivity index (χ2n) is 3.57. The number of unbranched alkanes of at least 4 members (excludes halogenated alkanes) is 3. The van der Waals surface area contributed by atoms with Gasteiger partial charge in [0.25, 0.3) is 0 Å². The summed E-state index contributed by atoms with van der Waals surface area (Å²) in [4.78, 5) is 9.95. The third-order valence-corrected chi connectivity index (χ3v) is 2.25. The Balaban J connectivity index is 2.23. The van der Waals surface area contributed by atoms with Crippen molar-refractivity contribution in [3.05, 3.63) is 24.3 Å². The van der Waals surface area contributed by atoms with Crippen molar-refractivity contribution in [2.24, 2.45) is 0 Å². The smallest absolute Gasteiger partial charge is 0.423 e. The Morgan fingerprint density at radius 3 is 2.38 bits per heavy atom. The summed E-state index contributed by atoms with van der Waals surface area (Å²) >= 11 is 0. The third kappa shape index (κ3) is 4.82. The first-order valence-corrected chi connectivity index (χ1v) is 5.63. The fourth-order valence-electron chi connectivity index (χ4n) is 1.37. The first kappa shape index (κ1) is 12.6. The van der Waals surface area contributed by atoms with Crippen LogP contribution in [0.15, 0.2) is 24.3 Å². The molecule has 0 aliphatic carbocycles. The van der Waals surface area contributed by atoms with Crippen LogP contribution >= 0.6 is 0 Å². The van der Waals surface area contributed by atoms with Crippen molar-refractivity contribution >= 4 is 6.47 Å². The van der Waals surface area contributed by atoms with E-state index in [0.717, 1.165) is 18.8 Å². The molecule has 0 saturated carbocycles. The predicted molar refractivity (Wildman–Crippen MR) is 62.4 cm³/mol. The number of hydrogen-bond acceptors (Lipinski definition) is 3. The van der Waals surface area contributed by atoms with Gasteiger partial charge in [-0.2, -0.15) is 0 Å². The lowest BCUT2D eigenvalue weighted by atomic mass is 10.2. The summed E-state index contributed by atoms with van der Waals surface area (Å²) in [6, 6.07) is 6.94. The first-order chi connectivity index (χ1) is 7.86. The predicted octanol–water partition coefficient (Wildman–Crippen LogP) is 3.09. The van der Waals surface area contributed by atoms with Gasteiger partial charge in [-0.15, -0.1) is 0 Å². The summed E-state index contributed by atoms with van der Waals surface area (Å²) in [6.07, 6.45) is 4.77. The van der Waals surface area contributed by atoms with Crippen molar-refractivity contribution in [3.63, 3.8) is 0 Å². The minimum atomic E-state index is 0.480. The fraction of sp³-hybridized carbons (Fsp3) is 0.462. The summed E-state index contributed by atoms with van der Waals surface area (Å²) in [5, 5.41) is 0. The lowest BCUT2D eigenvalue weighted by Crippen LogP contribution is -1.97. The van der Waals surface area contributed by atoms with Gasteiger partial charge < -0.3 is 9.47 Å². The topological polar surface area (TPSA) is 35.5 Å². The molecule has 3 nitrogen and oxygen atoms in total. The van der Waals surface area contributed by atoms with E-state index in [4.69, 9.17) is 4.74 Å². The van der Waals surface area contributed by atoms with Crippen molar-refractivity contribution in [2.45, 2.75) is 32.6 Å². The molecule has 0 atom stereocenters. The first-order valence-electron chi connectivity index (χ1n) is 5.63. The molecule has 0 aliphatic heterocycles. The Morgan fingerprint density at radius 2 is 1.75 bits per heavy atom. The lowest BCUT2D eigenvalue weighted by Gasteiger charge is -2.06. The van der Waals surface area contributed by atoms with E-state index in [0.29, 0.717) is 5.75 Å². The second-order valence-corrected chi connectivity index (χ2v) is 3.57. The Morgan fingerprint density at radius 1 is 1.06 bits per heavy atom. The molecule has 0 heterocycles. The van der Waals surface area contributed by atoms with Crippen LogP contribution in [0, 0.1) is 0 Å². The Kier molecular flexibility index (Phi) is 6.07. The van der Waals surface area contributed by atoms with Gasteiger partial charge in [0, 0.05) is 0 Å². The lowest BCUT2D eigenvalue weighted by molar-refractivity contribution is 0.304. The van der Waals surface area contributed by atoms with Crippen LogP contribution in [0.5, 0.6) is 11.5 Å². The summed E-state index contributed by atoms with van der Waals surface area (Å²) in [5.41, 5.74) is 0. The van der Waals surface area contributed by atoms with Crippen LogP contribution in [0.3, 0.4) is 0 Å². The summed E-state index contributed by atoms with van der Waals surface area (Å²) < 4.78 is 10.1. The van der Waals surface area contributed by atoms with Gasteiger partial charge in [-0.3, -0.25) is 0 Å². The molecule has 0 N–H and O–H groups in total. The van der Waals surface area contributed by atoms with E-state index in [-0.39, 0.29) is 0 Å². The highest BCUT2D eigenvalue weighted by atomic mass is 16.5. The van der Waals surface area contributed by atoms with Crippen molar-refractivity contribution in [2.75, 3.05) is 6.61 Å². The van der Waals surface area contributed by atoms with E-state index in [9.17, 15) is 4.79 Å². The Hall–Kier alpha value is -1.51. The van der Waals surface area contributed by atoms with Crippen molar-refractivity contribution < 1.29 is 14.3 Å². The van der Waals surface area contributed by atoms with Crippen molar-refractivity contribution in [3.8, 4) is 11.5 Å². The van der Waals surface area contributed by atoms with E-state index in [1.54, 1.807) is 24.3 Å². The Bertz CT molecular complexity index is 293. The third-order valence-electron chi connectivity index (χ3n) is 2.25. The van der Waals surface area contributed by atoms with Crippen LogP contribution in [0.4, 0.5) is 0 Å². The molecular weight excluding hydrogens is 204 g/mol. The van der Waals surface area contributed by atoms with E-state index >= 15 is 0 Å². The summed E-state index contributed by atoms with van der Waals surface area (Å²) in [6.45, 7) is 4.30. The molecule has 1 aromatic carbocycles. The van der Waals surface area contributed by atoms with Crippen LogP contribution in [0.2, 0.25) is 0 Å². The molecule has 1 rings (SSSR count). The van der Waals surface area contributed by atoms with E-state index < -0.39 is 0 Å². The number of rotatable bonds is 8. The largest absolute Gasteiger partial charge is 0.494 e. The standard InChI is InChI=1S/C13H17O3/c1-2-3-4-5-10-15-12-6-8-13(9-7-12)16-11-14/h6-9H,2-5,10H2,1H3. The quantitative estimate of drug-likeness (QED) is 0.633.